The summed E-state index contributed by atoms with van der Waals surface area (Å²) in [7, 11) is 0. The summed E-state index contributed by atoms with van der Waals surface area (Å²) in [5, 5.41) is 3.81. The fourth-order valence-electron chi connectivity index (χ4n) is 2.69. The van der Waals surface area contributed by atoms with Gasteiger partial charge >= 0.3 is 0 Å². The maximum atomic E-state index is 6.25. The largest absolute Gasteiger partial charge is 0.382 e. The van der Waals surface area contributed by atoms with E-state index in [9.17, 15) is 0 Å². The summed E-state index contributed by atoms with van der Waals surface area (Å²) < 4.78 is 2.02. The number of rotatable bonds is 3. The molecule has 0 spiro atoms. The number of hydrogen-bond acceptors (Lipinski definition) is 7. The number of nitrogens with zero attached hydrogens (tertiary/aromatic N) is 5. The minimum absolute atomic E-state index is 0.325. The molecule has 0 atom stereocenters. The van der Waals surface area contributed by atoms with Crippen LogP contribution in [0.25, 0.3) is 5.65 Å². The molecule has 4 heterocycles. The van der Waals surface area contributed by atoms with Crippen LogP contribution in [0.1, 0.15) is 0 Å². The zero-order valence-corrected chi connectivity index (χ0v) is 14.4. The predicted octanol–water partition coefficient (Wildman–Crippen LogP) is 1.92. The molecular weight excluding hydrogens is 346 g/mol. The molecule has 4 rings (SSSR count). The van der Waals surface area contributed by atoms with E-state index in [4.69, 9.17) is 17.3 Å². The van der Waals surface area contributed by atoms with Gasteiger partial charge in [-0.15, -0.1) is 0 Å². The summed E-state index contributed by atoms with van der Waals surface area (Å²) in [6.07, 6.45) is 7.22. The van der Waals surface area contributed by atoms with Gasteiger partial charge in [-0.2, -0.15) is 0 Å². The maximum Gasteiger partial charge on any atom is 0.211 e. The first-order valence-electron chi connectivity index (χ1n) is 7.59. The van der Waals surface area contributed by atoms with Gasteiger partial charge in [-0.3, -0.25) is 4.40 Å². The third-order valence-electron chi connectivity index (χ3n) is 3.87. The normalized spacial score (nSPS) is 15.1. The van der Waals surface area contributed by atoms with Crippen LogP contribution in [0.2, 0.25) is 5.02 Å². The number of aromatic nitrogens is 4. The summed E-state index contributed by atoms with van der Waals surface area (Å²) in [6, 6.07) is 1.84. The first kappa shape index (κ1) is 15.5. The highest BCUT2D eigenvalue weighted by molar-refractivity contribution is 7.99. The van der Waals surface area contributed by atoms with Gasteiger partial charge in [0.1, 0.15) is 5.82 Å². The Morgan fingerprint density at radius 2 is 1.96 bits per heavy atom. The Hall–Kier alpha value is -2.03. The monoisotopic (exact) mass is 361 g/mol. The van der Waals surface area contributed by atoms with Crippen LogP contribution in [0.3, 0.4) is 0 Å². The Balaban J connectivity index is 1.72. The van der Waals surface area contributed by atoms with Crippen LogP contribution in [-0.4, -0.2) is 45.5 Å². The Labute approximate surface area is 148 Å². The number of nitrogen functional groups attached to an aromatic ring is 1. The molecule has 0 saturated carbocycles. The lowest BCUT2D eigenvalue weighted by Gasteiger charge is -2.28. The van der Waals surface area contributed by atoms with Gasteiger partial charge in [-0.25, -0.2) is 15.0 Å². The van der Waals surface area contributed by atoms with Crippen molar-refractivity contribution < 1.29 is 0 Å². The first-order chi connectivity index (χ1) is 11.7. The Morgan fingerprint density at radius 3 is 2.79 bits per heavy atom. The zero-order chi connectivity index (χ0) is 16.5. The van der Waals surface area contributed by atoms with Gasteiger partial charge in [0.2, 0.25) is 5.95 Å². The van der Waals surface area contributed by atoms with Crippen LogP contribution in [-0.2, 0) is 0 Å². The lowest BCUT2D eigenvalue weighted by atomic mass is 10.4. The molecule has 0 unspecified atom stereocenters. The highest BCUT2D eigenvalue weighted by Gasteiger charge is 2.18. The molecule has 3 aromatic rings. The van der Waals surface area contributed by atoms with E-state index in [1.54, 1.807) is 12.4 Å². The van der Waals surface area contributed by atoms with Crippen LogP contribution in [0.15, 0.2) is 40.6 Å². The Bertz CT molecular complexity index is 875. The molecule has 1 aliphatic rings. The van der Waals surface area contributed by atoms with Crippen LogP contribution in [0, 0.1) is 0 Å². The standard InChI is InChI=1S/C15H16ClN7S/c16-12-10(1-2-19-13(12)17)24-11-9-21-15(22-6-3-18-4-7-22)23-8-5-20-14(11)23/h1-2,5,8-9,18H,3-4,6-7H2,(H2,17,19). The van der Waals surface area contributed by atoms with Gasteiger partial charge in [0.25, 0.3) is 0 Å². The SMILES string of the molecule is Nc1nccc(Sc2cnc(N3CCNCC3)n3ccnc23)c1Cl. The van der Waals surface area contributed by atoms with Gasteiger partial charge < -0.3 is 16.0 Å². The third kappa shape index (κ3) is 2.77. The van der Waals surface area contributed by atoms with E-state index >= 15 is 0 Å². The summed E-state index contributed by atoms with van der Waals surface area (Å²) >= 11 is 7.74. The van der Waals surface area contributed by atoms with Gasteiger partial charge in [-0.1, -0.05) is 23.4 Å². The smallest absolute Gasteiger partial charge is 0.211 e. The van der Waals surface area contributed by atoms with Crippen molar-refractivity contribution in [3.8, 4) is 0 Å². The van der Waals surface area contributed by atoms with E-state index in [2.05, 4.69) is 25.2 Å². The molecule has 0 radical (unpaired) electrons. The van der Waals surface area contributed by atoms with Crippen molar-refractivity contribution in [3.63, 3.8) is 0 Å². The van der Waals surface area contributed by atoms with Crippen molar-refractivity contribution in [2.75, 3.05) is 36.8 Å². The third-order valence-corrected chi connectivity index (χ3v) is 5.45. The number of fused-ring (bicyclic) bond motifs is 1. The first-order valence-corrected chi connectivity index (χ1v) is 8.79. The minimum Gasteiger partial charge on any atom is -0.382 e. The summed E-state index contributed by atoms with van der Waals surface area (Å²) in [5.74, 6) is 1.24. The predicted molar refractivity (Wildman–Crippen MR) is 95.9 cm³/mol. The van der Waals surface area contributed by atoms with Crippen molar-refractivity contribution in [2.24, 2.45) is 0 Å². The lowest BCUT2D eigenvalue weighted by molar-refractivity contribution is 0.577. The molecule has 9 heteroatoms. The van der Waals surface area contributed by atoms with E-state index in [-0.39, 0.29) is 0 Å². The number of nitrogens with two attached hydrogens (primary N) is 1. The molecule has 0 bridgehead atoms. The van der Waals surface area contributed by atoms with Crippen molar-refractivity contribution in [1.29, 1.82) is 0 Å². The quantitative estimate of drug-likeness (QED) is 0.737. The average Bonchev–Trinajstić information content (AvgIpc) is 3.10. The second kappa shape index (κ2) is 6.46. The van der Waals surface area contributed by atoms with E-state index in [0.717, 1.165) is 47.6 Å². The number of imidazole rings is 1. The molecule has 7 nitrogen and oxygen atoms in total. The van der Waals surface area contributed by atoms with Crippen LogP contribution in [0.4, 0.5) is 11.8 Å². The Kier molecular flexibility index (Phi) is 4.17. The van der Waals surface area contributed by atoms with Crippen molar-refractivity contribution in [2.45, 2.75) is 9.79 Å². The molecule has 124 valence electrons. The fourth-order valence-corrected chi connectivity index (χ4v) is 3.83. The van der Waals surface area contributed by atoms with Gasteiger partial charge in [0.05, 0.1) is 9.92 Å². The molecule has 0 amide bonds. The average molecular weight is 362 g/mol. The molecule has 0 aliphatic carbocycles. The lowest BCUT2D eigenvalue weighted by Crippen LogP contribution is -2.44. The minimum atomic E-state index is 0.325. The number of nitrogens with one attached hydrogen (secondary N) is 1. The number of piperazine rings is 1. The van der Waals surface area contributed by atoms with E-state index < -0.39 is 0 Å². The Morgan fingerprint density at radius 1 is 1.12 bits per heavy atom. The maximum absolute atomic E-state index is 6.25. The zero-order valence-electron chi connectivity index (χ0n) is 12.8. The second-order valence-corrected chi connectivity index (χ2v) is 6.85. The molecule has 0 aromatic carbocycles. The highest BCUT2D eigenvalue weighted by Crippen LogP contribution is 2.37. The molecule has 1 saturated heterocycles. The topological polar surface area (TPSA) is 84.4 Å². The van der Waals surface area contributed by atoms with Crippen molar-refractivity contribution in [3.05, 3.63) is 35.9 Å². The number of halogens is 1. The summed E-state index contributed by atoms with van der Waals surface area (Å²) in [5.41, 5.74) is 6.64. The van der Waals surface area contributed by atoms with Gasteiger partial charge in [0, 0.05) is 55.9 Å². The molecule has 3 N–H and O–H groups in total. The van der Waals surface area contributed by atoms with E-state index in [0.29, 0.717) is 10.8 Å². The van der Waals surface area contributed by atoms with Gasteiger partial charge in [-0.05, 0) is 6.07 Å². The molecule has 24 heavy (non-hydrogen) atoms. The van der Waals surface area contributed by atoms with Crippen LogP contribution < -0.4 is 16.0 Å². The summed E-state index contributed by atoms with van der Waals surface area (Å²) in [4.78, 5) is 17.2. The molecule has 1 aliphatic heterocycles. The number of hydrogen-bond donors (Lipinski definition) is 2. The van der Waals surface area contributed by atoms with Crippen LogP contribution in [0.5, 0.6) is 0 Å². The summed E-state index contributed by atoms with van der Waals surface area (Å²) in [6.45, 7) is 3.78. The van der Waals surface area contributed by atoms with E-state index in [1.165, 1.54) is 11.8 Å². The molecule has 1 fully saturated rings. The van der Waals surface area contributed by atoms with Gasteiger partial charge in [0.15, 0.2) is 5.65 Å². The second-order valence-electron chi connectivity index (χ2n) is 5.39. The molecule has 3 aromatic heterocycles. The van der Waals surface area contributed by atoms with Crippen molar-refractivity contribution >= 4 is 40.8 Å². The molecular formula is C15H16ClN7S. The van der Waals surface area contributed by atoms with E-state index in [1.807, 2.05) is 22.9 Å². The van der Waals surface area contributed by atoms with Crippen LogP contribution >= 0.6 is 23.4 Å². The number of anilines is 2. The van der Waals surface area contributed by atoms with Crippen molar-refractivity contribution in [1.82, 2.24) is 24.7 Å². The number of pyridine rings is 1. The fraction of sp³-hybridized carbons (Fsp3) is 0.267. The highest BCUT2D eigenvalue weighted by atomic mass is 35.5.